The van der Waals surface area contributed by atoms with Crippen molar-refractivity contribution in [2.75, 3.05) is 18.1 Å². The third-order valence-corrected chi connectivity index (χ3v) is 7.17. The molecule has 2 N–H and O–H groups in total. The fourth-order valence-electron chi connectivity index (χ4n) is 4.00. The van der Waals surface area contributed by atoms with Gasteiger partial charge in [-0.15, -0.1) is 0 Å². The van der Waals surface area contributed by atoms with Crippen molar-refractivity contribution in [1.29, 1.82) is 0 Å². The summed E-state index contributed by atoms with van der Waals surface area (Å²) in [6.45, 7) is 2.92. The molecular weight excluding hydrogens is 470 g/mol. The summed E-state index contributed by atoms with van der Waals surface area (Å²) in [5.41, 5.74) is 1.27. The normalized spacial score (nSPS) is 11.7. The first-order valence-electron chi connectivity index (χ1n) is 13.5. The van der Waals surface area contributed by atoms with Crippen LogP contribution in [0.25, 0.3) is 0 Å². The molecule has 0 aliphatic carbocycles. The van der Waals surface area contributed by atoms with Crippen molar-refractivity contribution in [3.8, 4) is 5.75 Å². The number of amides is 1. The van der Waals surface area contributed by atoms with E-state index in [0.29, 0.717) is 12.2 Å². The summed E-state index contributed by atoms with van der Waals surface area (Å²) >= 11 is 1.94. The standard InChI is InChI=1S/C30H43NO4S/c1-2-3-4-5-6-7-8-9-10-14-22-36-23-21-35-27-19-17-25(18-20-27)24-28(30(33)34)31-29(32)26-15-12-11-13-16-26/h11-13,15-20,28H,2-10,14,21-24H2,1H3,(H,31,32)(H,33,34)/t28-/m0/s1. The van der Waals surface area contributed by atoms with Gasteiger partial charge in [-0.3, -0.25) is 4.79 Å². The second-order valence-electron chi connectivity index (χ2n) is 9.22. The number of rotatable bonds is 20. The zero-order chi connectivity index (χ0) is 25.8. The largest absolute Gasteiger partial charge is 0.493 e. The van der Waals surface area contributed by atoms with Gasteiger partial charge in [0.25, 0.3) is 5.91 Å². The first-order chi connectivity index (χ1) is 17.6. The topological polar surface area (TPSA) is 75.6 Å². The van der Waals surface area contributed by atoms with Crippen LogP contribution in [0.2, 0.25) is 0 Å². The van der Waals surface area contributed by atoms with Crippen molar-refractivity contribution in [3.63, 3.8) is 0 Å². The van der Waals surface area contributed by atoms with Crippen LogP contribution in [0.15, 0.2) is 54.6 Å². The number of unbranched alkanes of at least 4 members (excludes halogenated alkanes) is 9. The maximum absolute atomic E-state index is 12.3. The number of aliphatic carboxylic acids is 1. The molecule has 0 spiro atoms. The van der Waals surface area contributed by atoms with E-state index in [4.69, 9.17) is 4.74 Å². The summed E-state index contributed by atoms with van der Waals surface area (Å²) < 4.78 is 5.83. The Morgan fingerprint density at radius 3 is 2.06 bits per heavy atom. The molecule has 2 aromatic carbocycles. The van der Waals surface area contributed by atoms with Crippen molar-refractivity contribution in [2.24, 2.45) is 0 Å². The minimum Gasteiger partial charge on any atom is -0.493 e. The quantitative estimate of drug-likeness (QED) is 0.184. The van der Waals surface area contributed by atoms with Gasteiger partial charge in [-0.25, -0.2) is 4.79 Å². The van der Waals surface area contributed by atoms with Crippen LogP contribution in [0.4, 0.5) is 0 Å². The Balaban J connectivity index is 1.56. The lowest BCUT2D eigenvalue weighted by Gasteiger charge is -2.15. The summed E-state index contributed by atoms with van der Waals surface area (Å²) in [4.78, 5) is 24.0. The highest BCUT2D eigenvalue weighted by Gasteiger charge is 2.21. The molecule has 0 unspecified atom stereocenters. The lowest BCUT2D eigenvalue weighted by molar-refractivity contribution is -0.139. The number of carboxylic acid groups (broad SMARTS) is 1. The summed E-state index contributed by atoms with van der Waals surface area (Å²) in [6.07, 6.45) is 13.9. The number of benzene rings is 2. The van der Waals surface area contributed by atoms with Crippen LogP contribution in [0, 0.1) is 0 Å². The Morgan fingerprint density at radius 1 is 0.833 bits per heavy atom. The van der Waals surface area contributed by atoms with Crippen molar-refractivity contribution in [3.05, 3.63) is 65.7 Å². The number of hydrogen-bond acceptors (Lipinski definition) is 4. The third kappa shape index (κ3) is 13.0. The van der Waals surface area contributed by atoms with E-state index < -0.39 is 17.9 Å². The third-order valence-electron chi connectivity index (χ3n) is 6.14. The monoisotopic (exact) mass is 513 g/mol. The van der Waals surface area contributed by atoms with Crippen molar-refractivity contribution >= 4 is 23.6 Å². The Morgan fingerprint density at radius 2 is 1.44 bits per heavy atom. The van der Waals surface area contributed by atoms with E-state index in [2.05, 4.69) is 12.2 Å². The van der Waals surface area contributed by atoms with E-state index in [0.717, 1.165) is 17.1 Å². The van der Waals surface area contributed by atoms with Gasteiger partial charge in [0.05, 0.1) is 6.61 Å². The predicted molar refractivity (Wildman–Crippen MR) is 150 cm³/mol. The summed E-state index contributed by atoms with van der Waals surface area (Å²) in [5.74, 6) is 1.48. The van der Waals surface area contributed by atoms with E-state index in [1.54, 1.807) is 24.3 Å². The molecule has 36 heavy (non-hydrogen) atoms. The van der Waals surface area contributed by atoms with Crippen LogP contribution in [0.5, 0.6) is 5.75 Å². The van der Waals surface area contributed by atoms with Crippen LogP contribution < -0.4 is 10.1 Å². The molecule has 0 saturated heterocycles. The van der Waals surface area contributed by atoms with Crippen LogP contribution in [0.3, 0.4) is 0 Å². The zero-order valence-electron chi connectivity index (χ0n) is 21.8. The van der Waals surface area contributed by atoms with E-state index in [1.807, 2.05) is 42.1 Å². The lowest BCUT2D eigenvalue weighted by Crippen LogP contribution is -2.42. The number of ether oxygens (including phenoxy) is 1. The highest BCUT2D eigenvalue weighted by Crippen LogP contribution is 2.16. The Bertz CT molecular complexity index is 857. The minimum absolute atomic E-state index is 0.211. The molecule has 198 valence electrons. The fraction of sp³-hybridized carbons (Fsp3) is 0.533. The summed E-state index contributed by atoms with van der Waals surface area (Å²) in [6, 6.07) is 15.1. The van der Waals surface area contributed by atoms with E-state index in [-0.39, 0.29) is 6.42 Å². The number of nitrogens with one attached hydrogen (secondary N) is 1. The van der Waals surface area contributed by atoms with E-state index >= 15 is 0 Å². The second kappa shape index (κ2) is 18.8. The number of hydrogen-bond donors (Lipinski definition) is 2. The van der Waals surface area contributed by atoms with Gasteiger partial charge in [0.2, 0.25) is 0 Å². The molecule has 0 bridgehead atoms. The molecule has 0 heterocycles. The minimum atomic E-state index is -1.06. The average molecular weight is 514 g/mol. The maximum atomic E-state index is 12.3. The number of thioether (sulfide) groups is 1. The molecule has 0 aliphatic heterocycles. The molecule has 0 saturated carbocycles. The highest BCUT2D eigenvalue weighted by molar-refractivity contribution is 7.99. The van der Waals surface area contributed by atoms with Gasteiger partial charge in [0.15, 0.2) is 0 Å². The highest BCUT2D eigenvalue weighted by atomic mass is 32.2. The molecule has 6 heteroatoms. The Labute approximate surface area is 221 Å². The van der Waals surface area contributed by atoms with Crippen LogP contribution in [-0.2, 0) is 11.2 Å². The molecule has 2 rings (SSSR count). The van der Waals surface area contributed by atoms with Crippen molar-refractivity contribution in [2.45, 2.75) is 83.6 Å². The Kier molecular flexibility index (Phi) is 15.5. The number of carboxylic acids is 1. The average Bonchev–Trinajstić information content (AvgIpc) is 2.89. The van der Waals surface area contributed by atoms with Gasteiger partial charge in [-0.1, -0.05) is 95.0 Å². The molecular formula is C30H43NO4S. The molecule has 2 aromatic rings. The van der Waals surface area contributed by atoms with Crippen LogP contribution in [-0.4, -0.2) is 41.1 Å². The first kappa shape index (κ1) is 29.8. The fourth-order valence-corrected chi connectivity index (χ4v) is 4.81. The van der Waals surface area contributed by atoms with Crippen LogP contribution in [0.1, 0.15) is 87.1 Å². The molecule has 0 fully saturated rings. The van der Waals surface area contributed by atoms with Gasteiger partial charge in [-0.2, -0.15) is 11.8 Å². The van der Waals surface area contributed by atoms with Crippen molar-refractivity contribution < 1.29 is 19.4 Å². The predicted octanol–water partition coefficient (Wildman–Crippen LogP) is 7.15. The maximum Gasteiger partial charge on any atom is 0.326 e. The SMILES string of the molecule is CCCCCCCCCCCCSCCOc1ccc(C[C@H](NC(=O)c2ccccc2)C(=O)O)cc1. The van der Waals surface area contributed by atoms with Gasteiger partial charge < -0.3 is 15.2 Å². The zero-order valence-corrected chi connectivity index (χ0v) is 22.6. The first-order valence-corrected chi connectivity index (χ1v) is 14.6. The van der Waals surface area contributed by atoms with E-state index in [9.17, 15) is 14.7 Å². The Hall–Kier alpha value is -2.47. The van der Waals surface area contributed by atoms with Gasteiger partial charge >= 0.3 is 5.97 Å². The second-order valence-corrected chi connectivity index (χ2v) is 10.4. The summed E-state index contributed by atoms with van der Waals surface area (Å²) in [7, 11) is 0. The van der Waals surface area contributed by atoms with Gasteiger partial charge in [0.1, 0.15) is 11.8 Å². The molecule has 0 aliphatic rings. The number of carbonyl (C=O) groups is 2. The lowest BCUT2D eigenvalue weighted by atomic mass is 10.1. The van der Waals surface area contributed by atoms with Crippen molar-refractivity contribution in [1.82, 2.24) is 5.32 Å². The number of carbonyl (C=O) groups excluding carboxylic acids is 1. The smallest absolute Gasteiger partial charge is 0.326 e. The van der Waals surface area contributed by atoms with E-state index in [1.165, 1.54) is 70.0 Å². The van der Waals surface area contributed by atoms with Gasteiger partial charge in [-0.05, 0) is 42.0 Å². The molecule has 0 aromatic heterocycles. The van der Waals surface area contributed by atoms with Gasteiger partial charge in [0, 0.05) is 17.7 Å². The van der Waals surface area contributed by atoms with Crippen LogP contribution >= 0.6 is 11.8 Å². The molecule has 1 amide bonds. The summed E-state index contributed by atoms with van der Waals surface area (Å²) in [5, 5.41) is 12.1. The molecule has 0 radical (unpaired) electrons. The molecule has 5 nitrogen and oxygen atoms in total. The molecule has 1 atom stereocenters.